The maximum Gasteiger partial charge on any atom is 0.251 e. The number of benzene rings is 1. The maximum absolute atomic E-state index is 12.2. The van der Waals surface area contributed by atoms with E-state index in [1.165, 1.54) is 5.56 Å². The number of ether oxygens (including phenoxy) is 1. The molecular weight excluding hydrogens is 214 g/mol. The Kier molecular flexibility index (Phi) is 4.15. The van der Waals surface area contributed by atoms with E-state index in [1.54, 1.807) is 0 Å². The number of rotatable bonds is 4. The summed E-state index contributed by atoms with van der Waals surface area (Å²) in [5, 5.41) is 0. The first-order chi connectivity index (χ1) is 8.31. The third kappa shape index (κ3) is 3.07. The molecule has 0 saturated carbocycles. The quantitative estimate of drug-likeness (QED) is 0.798. The molecule has 0 bridgehead atoms. The summed E-state index contributed by atoms with van der Waals surface area (Å²) in [7, 11) is 0. The molecule has 1 aliphatic heterocycles. The number of carbonyl (C=O) groups is 1. The Hall–Kier alpha value is -1.35. The Balaban J connectivity index is 1.98. The fourth-order valence-corrected chi connectivity index (χ4v) is 2.13. The predicted molar refractivity (Wildman–Crippen MR) is 66.5 cm³/mol. The Labute approximate surface area is 102 Å². The smallest absolute Gasteiger partial charge is 0.251 e. The molecule has 1 unspecified atom stereocenters. The second kappa shape index (κ2) is 5.82. The van der Waals surface area contributed by atoms with Crippen molar-refractivity contribution in [1.29, 1.82) is 0 Å². The first kappa shape index (κ1) is 12.1. The highest BCUT2D eigenvalue weighted by Gasteiger charge is 2.27. The highest BCUT2D eigenvalue weighted by atomic mass is 16.5. The molecule has 3 heteroatoms. The Morgan fingerprint density at radius 3 is 2.76 bits per heavy atom. The topological polar surface area (TPSA) is 29.5 Å². The van der Waals surface area contributed by atoms with Crippen LogP contribution in [0.5, 0.6) is 0 Å². The zero-order valence-electron chi connectivity index (χ0n) is 10.3. The van der Waals surface area contributed by atoms with Gasteiger partial charge in [-0.2, -0.15) is 0 Å². The second-order valence-electron chi connectivity index (χ2n) is 4.34. The van der Waals surface area contributed by atoms with E-state index in [4.69, 9.17) is 4.74 Å². The van der Waals surface area contributed by atoms with E-state index in [-0.39, 0.29) is 12.0 Å². The van der Waals surface area contributed by atoms with Gasteiger partial charge in [-0.25, -0.2) is 0 Å². The zero-order valence-corrected chi connectivity index (χ0v) is 10.3. The number of amides is 1. The molecule has 3 nitrogen and oxygen atoms in total. The number of hydrogen-bond donors (Lipinski definition) is 0. The minimum atomic E-state index is -0.210. The van der Waals surface area contributed by atoms with Crippen molar-refractivity contribution in [2.75, 3.05) is 13.2 Å². The Morgan fingerprint density at radius 2 is 2.18 bits per heavy atom. The van der Waals surface area contributed by atoms with E-state index in [1.807, 2.05) is 42.2 Å². The van der Waals surface area contributed by atoms with E-state index in [2.05, 4.69) is 0 Å². The van der Waals surface area contributed by atoms with Crippen molar-refractivity contribution in [3.8, 4) is 0 Å². The summed E-state index contributed by atoms with van der Waals surface area (Å²) in [5.74, 6) is 0.133. The predicted octanol–water partition coefficient (Wildman–Crippen LogP) is 2.21. The minimum absolute atomic E-state index is 0.133. The molecule has 1 atom stereocenters. The van der Waals surface area contributed by atoms with Gasteiger partial charge in [0.1, 0.15) is 6.10 Å². The van der Waals surface area contributed by atoms with E-state index < -0.39 is 0 Å². The average Bonchev–Trinajstić information content (AvgIpc) is 2.90. The van der Waals surface area contributed by atoms with Crippen molar-refractivity contribution < 1.29 is 9.53 Å². The first-order valence-electron chi connectivity index (χ1n) is 6.25. The van der Waals surface area contributed by atoms with Crippen molar-refractivity contribution in [3.63, 3.8) is 0 Å². The lowest BCUT2D eigenvalue weighted by Crippen LogP contribution is -2.38. The molecule has 1 fully saturated rings. The molecule has 1 aromatic rings. The minimum Gasteiger partial charge on any atom is -0.368 e. The molecule has 2 rings (SSSR count). The summed E-state index contributed by atoms with van der Waals surface area (Å²) in [6.45, 7) is 4.14. The van der Waals surface area contributed by atoms with Gasteiger partial charge >= 0.3 is 0 Å². The van der Waals surface area contributed by atoms with Gasteiger partial charge in [0.2, 0.25) is 0 Å². The number of likely N-dealkylation sites (N-methyl/N-ethyl adjacent to an activating group) is 1. The normalized spacial score (nSPS) is 19.2. The lowest BCUT2D eigenvalue weighted by molar-refractivity contribution is -0.141. The van der Waals surface area contributed by atoms with Crippen molar-refractivity contribution >= 4 is 5.91 Å². The van der Waals surface area contributed by atoms with Crippen molar-refractivity contribution in [2.24, 2.45) is 0 Å². The van der Waals surface area contributed by atoms with Gasteiger partial charge in [-0.3, -0.25) is 4.79 Å². The summed E-state index contributed by atoms with van der Waals surface area (Å²) in [6, 6.07) is 10.1. The zero-order chi connectivity index (χ0) is 12.1. The van der Waals surface area contributed by atoms with Crippen LogP contribution in [0, 0.1) is 0 Å². The molecule has 0 N–H and O–H groups in total. The third-order valence-electron chi connectivity index (χ3n) is 3.11. The van der Waals surface area contributed by atoms with E-state index in [9.17, 15) is 4.79 Å². The van der Waals surface area contributed by atoms with Gasteiger partial charge in [-0.1, -0.05) is 30.3 Å². The van der Waals surface area contributed by atoms with Crippen LogP contribution in [0.3, 0.4) is 0 Å². The summed E-state index contributed by atoms with van der Waals surface area (Å²) < 4.78 is 5.44. The Bertz CT molecular complexity index is 358. The van der Waals surface area contributed by atoms with Crippen LogP contribution in [0.1, 0.15) is 25.3 Å². The fourth-order valence-electron chi connectivity index (χ4n) is 2.13. The van der Waals surface area contributed by atoms with Crippen LogP contribution in [0.15, 0.2) is 30.3 Å². The SMILES string of the molecule is CCN(Cc1ccccc1)C(=O)C1CCCO1. The van der Waals surface area contributed by atoms with E-state index in [0.717, 1.165) is 26.0 Å². The fraction of sp³-hybridized carbons (Fsp3) is 0.500. The van der Waals surface area contributed by atoms with Gasteiger partial charge < -0.3 is 9.64 Å². The number of hydrogen-bond acceptors (Lipinski definition) is 2. The Morgan fingerprint density at radius 1 is 1.41 bits per heavy atom. The van der Waals surface area contributed by atoms with Crippen LogP contribution in [-0.2, 0) is 16.1 Å². The van der Waals surface area contributed by atoms with Gasteiger partial charge in [0.25, 0.3) is 5.91 Å². The average molecular weight is 233 g/mol. The van der Waals surface area contributed by atoms with Crippen molar-refractivity contribution in [2.45, 2.75) is 32.4 Å². The van der Waals surface area contributed by atoms with Crippen LogP contribution in [0.25, 0.3) is 0 Å². The van der Waals surface area contributed by atoms with Gasteiger partial charge in [0, 0.05) is 19.7 Å². The standard InChI is InChI=1S/C14H19NO2/c1-2-15(11-12-7-4-3-5-8-12)14(16)13-9-6-10-17-13/h3-5,7-8,13H,2,6,9-11H2,1H3. The molecule has 92 valence electrons. The van der Waals surface area contributed by atoms with E-state index in [0.29, 0.717) is 6.54 Å². The highest BCUT2D eigenvalue weighted by molar-refractivity contribution is 5.81. The lowest BCUT2D eigenvalue weighted by atomic mass is 10.1. The lowest BCUT2D eigenvalue weighted by Gasteiger charge is -2.23. The molecule has 1 aromatic carbocycles. The summed E-state index contributed by atoms with van der Waals surface area (Å²) in [4.78, 5) is 14.0. The third-order valence-corrected chi connectivity index (χ3v) is 3.11. The van der Waals surface area contributed by atoms with Gasteiger partial charge in [0.15, 0.2) is 0 Å². The largest absolute Gasteiger partial charge is 0.368 e. The molecule has 17 heavy (non-hydrogen) atoms. The maximum atomic E-state index is 12.2. The number of nitrogens with zero attached hydrogens (tertiary/aromatic N) is 1. The molecule has 1 heterocycles. The molecule has 0 spiro atoms. The van der Waals surface area contributed by atoms with E-state index >= 15 is 0 Å². The van der Waals surface area contributed by atoms with Crippen molar-refractivity contribution in [1.82, 2.24) is 4.90 Å². The molecular formula is C14H19NO2. The van der Waals surface area contributed by atoms with Gasteiger partial charge in [-0.15, -0.1) is 0 Å². The van der Waals surface area contributed by atoms with Crippen molar-refractivity contribution in [3.05, 3.63) is 35.9 Å². The second-order valence-corrected chi connectivity index (χ2v) is 4.34. The molecule has 0 aliphatic carbocycles. The summed E-state index contributed by atoms with van der Waals surface area (Å²) in [5.41, 5.74) is 1.17. The van der Waals surface area contributed by atoms with Crippen LogP contribution >= 0.6 is 0 Å². The first-order valence-corrected chi connectivity index (χ1v) is 6.25. The summed E-state index contributed by atoms with van der Waals surface area (Å²) in [6.07, 6.45) is 1.65. The highest BCUT2D eigenvalue weighted by Crippen LogP contribution is 2.16. The molecule has 1 aliphatic rings. The molecule has 0 aromatic heterocycles. The summed E-state index contributed by atoms with van der Waals surface area (Å²) >= 11 is 0. The van der Waals surface area contributed by atoms with Crippen LogP contribution in [0.2, 0.25) is 0 Å². The van der Waals surface area contributed by atoms with Crippen LogP contribution in [-0.4, -0.2) is 30.1 Å². The van der Waals surface area contributed by atoms with Gasteiger partial charge in [-0.05, 0) is 25.3 Å². The molecule has 1 amide bonds. The van der Waals surface area contributed by atoms with Gasteiger partial charge in [0.05, 0.1) is 0 Å². The van der Waals surface area contributed by atoms with Crippen LogP contribution < -0.4 is 0 Å². The molecule has 0 radical (unpaired) electrons. The number of carbonyl (C=O) groups excluding carboxylic acids is 1. The van der Waals surface area contributed by atoms with Crippen LogP contribution in [0.4, 0.5) is 0 Å². The molecule has 1 saturated heterocycles. The monoisotopic (exact) mass is 233 g/mol.